The number of hydrogen-bond donors (Lipinski definition) is 1. The van der Waals surface area contributed by atoms with Crippen LogP contribution in [0.4, 0.5) is 13.2 Å². The topological polar surface area (TPSA) is 65.8 Å². The SMILES string of the molecule is C.CC.CC(NC(=O)c1cccc(C#N)c1)C1=CCCC=C(c2ccnc(C(F)(F)F)c2)S1.[HH]. The van der Waals surface area contributed by atoms with E-state index < -0.39 is 11.9 Å². The number of allylic oxidation sites excluding steroid dienone is 2. The lowest BCUT2D eigenvalue weighted by Gasteiger charge is -2.18. The monoisotopic (exact) mass is 477 g/mol. The van der Waals surface area contributed by atoms with Gasteiger partial charge < -0.3 is 5.32 Å². The van der Waals surface area contributed by atoms with Crippen molar-refractivity contribution < 1.29 is 19.4 Å². The highest BCUT2D eigenvalue weighted by Crippen LogP contribution is 2.39. The largest absolute Gasteiger partial charge is 0.433 e. The van der Waals surface area contributed by atoms with Gasteiger partial charge in [0.2, 0.25) is 0 Å². The zero-order chi connectivity index (χ0) is 23.7. The Kier molecular flexibility index (Phi) is 10.9. The minimum atomic E-state index is -4.51. The number of pyridine rings is 1. The molecule has 1 aromatic carbocycles. The average Bonchev–Trinajstić information content (AvgIpc) is 3.06. The fourth-order valence-electron chi connectivity index (χ4n) is 2.91. The lowest BCUT2D eigenvalue weighted by molar-refractivity contribution is -0.141. The molecule has 1 amide bonds. The Balaban J connectivity index is 0.00000265. The highest BCUT2D eigenvalue weighted by atomic mass is 32.2. The summed E-state index contributed by atoms with van der Waals surface area (Å²) < 4.78 is 39.0. The number of nitrogens with zero attached hydrogens (tertiary/aromatic N) is 2. The van der Waals surface area contributed by atoms with Crippen LogP contribution in [0.25, 0.3) is 4.91 Å². The van der Waals surface area contributed by atoms with Crippen LogP contribution in [0.15, 0.2) is 59.7 Å². The van der Waals surface area contributed by atoms with Crippen LogP contribution in [0, 0.1) is 11.3 Å². The van der Waals surface area contributed by atoms with Crippen LogP contribution in [0.3, 0.4) is 0 Å². The summed E-state index contributed by atoms with van der Waals surface area (Å²) in [5.74, 6) is -0.320. The number of aromatic nitrogens is 1. The molecule has 4 nitrogen and oxygen atoms in total. The van der Waals surface area contributed by atoms with Crippen LogP contribution < -0.4 is 5.32 Å². The second-order valence-corrected chi connectivity index (χ2v) is 7.78. The molecule has 33 heavy (non-hydrogen) atoms. The first-order valence-electron chi connectivity index (χ1n) is 10.2. The van der Waals surface area contributed by atoms with Crippen LogP contribution >= 0.6 is 11.8 Å². The standard InChI is InChI=1S/C22H18F3N3OS.C2H6.CH4.H2/c1-14(28-21(29)17-6-4-5-15(11-17)13-26)18-7-2-3-8-19(30-18)16-9-10-27-20(12-16)22(23,24)25;1-2;;/h4-12,14H,2-3H2,1H3,(H,28,29);1-2H3;1H4;1H. The molecule has 1 aliphatic heterocycles. The summed E-state index contributed by atoms with van der Waals surface area (Å²) in [6.45, 7) is 5.82. The molecule has 0 spiro atoms. The number of hydrogen-bond acceptors (Lipinski definition) is 4. The molecule has 1 aliphatic rings. The molecule has 1 N–H and O–H groups in total. The highest BCUT2D eigenvalue weighted by molar-refractivity contribution is 8.11. The molecule has 1 aromatic heterocycles. The fraction of sp³-hybridized carbons (Fsp3) is 0.320. The maximum absolute atomic E-state index is 13.0. The Morgan fingerprint density at radius 2 is 1.91 bits per heavy atom. The number of amides is 1. The summed E-state index contributed by atoms with van der Waals surface area (Å²) in [6, 6.07) is 10.6. The van der Waals surface area contributed by atoms with Gasteiger partial charge in [-0.1, -0.05) is 51.3 Å². The van der Waals surface area contributed by atoms with E-state index in [1.807, 2.05) is 39.0 Å². The fourth-order valence-corrected chi connectivity index (χ4v) is 4.05. The number of nitriles is 1. The Hall–Kier alpha value is -3.05. The molecule has 0 saturated carbocycles. The number of carbonyl (C=O) groups is 1. The zero-order valence-electron chi connectivity index (χ0n) is 18.0. The van der Waals surface area contributed by atoms with Crippen molar-refractivity contribution in [3.8, 4) is 6.07 Å². The third-order valence-corrected chi connectivity index (χ3v) is 5.81. The molecule has 3 rings (SSSR count). The Labute approximate surface area is 199 Å². The van der Waals surface area contributed by atoms with E-state index in [1.54, 1.807) is 24.3 Å². The van der Waals surface area contributed by atoms with Crippen molar-refractivity contribution in [1.82, 2.24) is 10.3 Å². The number of nitrogens with one attached hydrogen (secondary N) is 1. The molecule has 0 aliphatic carbocycles. The molecular formula is C25H30F3N3OS. The summed E-state index contributed by atoms with van der Waals surface area (Å²) in [5.41, 5.74) is 0.270. The Morgan fingerprint density at radius 1 is 1.21 bits per heavy atom. The van der Waals surface area contributed by atoms with Gasteiger partial charge in [0.25, 0.3) is 5.91 Å². The molecule has 2 aromatic rings. The van der Waals surface area contributed by atoms with Gasteiger partial charge in [-0.3, -0.25) is 9.78 Å². The first-order chi connectivity index (χ1) is 15.3. The number of halogens is 3. The van der Waals surface area contributed by atoms with Crippen molar-refractivity contribution >= 4 is 22.6 Å². The van der Waals surface area contributed by atoms with Gasteiger partial charge >= 0.3 is 6.18 Å². The van der Waals surface area contributed by atoms with E-state index in [4.69, 9.17) is 5.26 Å². The summed E-state index contributed by atoms with van der Waals surface area (Å²) >= 11 is 1.34. The van der Waals surface area contributed by atoms with Gasteiger partial charge in [-0.2, -0.15) is 18.4 Å². The van der Waals surface area contributed by atoms with Gasteiger partial charge in [-0.25, -0.2) is 0 Å². The minimum absolute atomic E-state index is 0. The molecule has 1 unspecified atom stereocenters. The van der Waals surface area contributed by atoms with Gasteiger partial charge in [-0.05, 0) is 55.7 Å². The van der Waals surface area contributed by atoms with Crippen molar-refractivity contribution in [3.05, 3.63) is 82.0 Å². The van der Waals surface area contributed by atoms with E-state index >= 15 is 0 Å². The third kappa shape index (κ3) is 7.79. The lowest BCUT2D eigenvalue weighted by atomic mass is 10.1. The van der Waals surface area contributed by atoms with Crippen molar-refractivity contribution in [2.75, 3.05) is 0 Å². The number of alkyl halides is 3. The molecule has 178 valence electrons. The molecule has 0 bridgehead atoms. The van der Waals surface area contributed by atoms with Crippen LogP contribution in [0.1, 0.15) is 69.6 Å². The molecule has 2 heterocycles. The maximum Gasteiger partial charge on any atom is 0.433 e. The second kappa shape index (κ2) is 12.9. The van der Waals surface area contributed by atoms with E-state index in [0.717, 1.165) is 17.2 Å². The number of benzene rings is 1. The first-order valence-corrected chi connectivity index (χ1v) is 11.0. The van der Waals surface area contributed by atoms with Crippen molar-refractivity contribution in [3.63, 3.8) is 0 Å². The van der Waals surface area contributed by atoms with Crippen LogP contribution in [0.5, 0.6) is 0 Å². The van der Waals surface area contributed by atoms with Gasteiger partial charge in [0, 0.05) is 23.0 Å². The molecule has 8 heteroatoms. The number of carbonyl (C=O) groups excluding carboxylic acids is 1. The summed E-state index contributed by atoms with van der Waals surface area (Å²) in [4.78, 5) is 17.5. The number of rotatable bonds is 4. The average molecular weight is 478 g/mol. The first kappa shape index (κ1) is 28.0. The predicted molar refractivity (Wildman–Crippen MR) is 130 cm³/mol. The van der Waals surface area contributed by atoms with Crippen LogP contribution in [-0.4, -0.2) is 16.9 Å². The van der Waals surface area contributed by atoms with Gasteiger partial charge in [0.15, 0.2) is 0 Å². The Bertz CT molecular complexity index is 1060. The summed E-state index contributed by atoms with van der Waals surface area (Å²) in [6.07, 6.45) is 1.92. The van der Waals surface area contributed by atoms with Crippen LogP contribution in [-0.2, 0) is 6.18 Å². The minimum Gasteiger partial charge on any atom is -0.345 e. The molecule has 1 atom stereocenters. The molecule has 0 radical (unpaired) electrons. The van der Waals surface area contributed by atoms with E-state index in [2.05, 4.69) is 10.3 Å². The predicted octanol–water partition coefficient (Wildman–Crippen LogP) is 7.45. The van der Waals surface area contributed by atoms with E-state index in [-0.39, 0.29) is 20.8 Å². The van der Waals surface area contributed by atoms with Gasteiger partial charge in [0.1, 0.15) is 5.69 Å². The number of thioether (sulfide) groups is 1. The molecule has 0 saturated heterocycles. The summed E-state index contributed by atoms with van der Waals surface area (Å²) in [7, 11) is 0. The quantitative estimate of drug-likeness (QED) is 0.497. The smallest absolute Gasteiger partial charge is 0.345 e. The summed E-state index contributed by atoms with van der Waals surface area (Å²) in [5, 5.41) is 11.9. The third-order valence-electron chi connectivity index (χ3n) is 4.43. The Morgan fingerprint density at radius 3 is 2.58 bits per heavy atom. The second-order valence-electron chi connectivity index (χ2n) is 6.67. The lowest BCUT2D eigenvalue weighted by Crippen LogP contribution is -2.33. The molecular weight excluding hydrogens is 447 g/mol. The van der Waals surface area contributed by atoms with E-state index in [0.29, 0.717) is 34.4 Å². The maximum atomic E-state index is 13.0. The zero-order valence-corrected chi connectivity index (χ0v) is 18.8. The van der Waals surface area contributed by atoms with E-state index in [1.165, 1.54) is 17.8 Å². The van der Waals surface area contributed by atoms with Crippen molar-refractivity contribution in [2.24, 2.45) is 0 Å². The normalized spacial score (nSPS) is 14.1. The van der Waals surface area contributed by atoms with E-state index in [9.17, 15) is 18.0 Å². The van der Waals surface area contributed by atoms with Crippen LogP contribution in [0.2, 0.25) is 0 Å². The highest BCUT2D eigenvalue weighted by Gasteiger charge is 2.32. The van der Waals surface area contributed by atoms with Gasteiger partial charge in [-0.15, -0.1) is 0 Å². The van der Waals surface area contributed by atoms with Gasteiger partial charge in [0.05, 0.1) is 17.7 Å². The molecule has 0 fully saturated rings. The van der Waals surface area contributed by atoms with Crippen molar-refractivity contribution in [2.45, 2.75) is 53.3 Å². The van der Waals surface area contributed by atoms with Crippen molar-refractivity contribution in [1.29, 1.82) is 5.26 Å².